The van der Waals surface area contributed by atoms with Crippen molar-refractivity contribution in [3.8, 4) is 0 Å². The summed E-state index contributed by atoms with van der Waals surface area (Å²) in [6.45, 7) is 0. The van der Waals surface area contributed by atoms with Crippen LogP contribution in [0.5, 0.6) is 0 Å². The molecule has 0 amide bonds. The maximum atomic E-state index is 11.8. The highest BCUT2D eigenvalue weighted by Crippen LogP contribution is 2.31. The normalized spacial score (nSPS) is 15.0. The predicted octanol–water partition coefficient (Wildman–Crippen LogP) is 3.05. The molecule has 20 heavy (non-hydrogen) atoms. The molecule has 1 aliphatic rings. The Labute approximate surface area is 114 Å². The number of carboxylic acids is 1. The van der Waals surface area contributed by atoms with Gasteiger partial charge in [0.1, 0.15) is 5.76 Å². The zero-order chi connectivity index (χ0) is 14.1. The quantitative estimate of drug-likeness (QED) is 0.848. The third-order valence-corrected chi connectivity index (χ3v) is 3.05. The van der Waals surface area contributed by atoms with Crippen LogP contribution in [0.15, 0.2) is 48.5 Å². The molecule has 0 unspecified atom stereocenters. The lowest BCUT2D eigenvalue weighted by atomic mass is 10.0. The van der Waals surface area contributed by atoms with E-state index in [2.05, 4.69) is 0 Å². The summed E-state index contributed by atoms with van der Waals surface area (Å²) < 4.78 is 5.20. The second kappa shape index (κ2) is 4.66. The maximum Gasteiger partial charge on any atom is 0.344 e. The number of carbonyl (C=O) groups excluding carboxylic acids is 1. The Balaban J connectivity index is 2.07. The summed E-state index contributed by atoms with van der Waals surface area (Å²) in [5.41, 5.74) is 1.88. The third-order valence-electron chi connectivity index (χ3n) is 3.05. The van der Waals surface area contributed by atoms with Gasteiger partial charge >= 0.3 is 11.9 Å². The highest BCUT2D eigenvalue weighted by Gasteiger charge is 2.27. The van der Waals surface area contributed by atoms with Gasteiger partial charge in [-0.15, -0.1) is 0 Å². The van der Waals surface area contributed by atoms with Gasteiger partial charge in [0.2, 0.25) is 0 Å². The van der Waals surface area contributed by atoms with Crippen molar-refractivity contribution in [2.45, 2.75) is 0 Å². The molecule has 0 saturated carbocycles. The Bertz CT molecular complexity index is 729. The summed E-state index contributed by atoms with van der Waals surface area (Å²) >= 11 is 0. The Hall–Kier alpha value is -2.88. The van der Waals surface area contributed by atoms with Crippen LogP contribution < -0.4 is 0 Å². The van der Waals surface area contributed by atoms with E-state index in [4.69, 9.17) is 9.84 Å². The van der Waals surface area contributed by atoms with E-state index in [1.807, 2.05) is 30.3 Å². The summed E-state index contributed by atoms with van der Waals surface area (Å²) in [5.74, 6) is -1.15. The van der Waals surface area contributed by atoms with E-state index in [1.54, 1.807) is 12.1 Å². The zero-order valence-corrected chi connectivity index (χ0v) is 10.4. The first kappa shape index (κ1) is 12.2. The van der Waals surface area contributed by atoms with E-state index in [9.17, 15) is 9.59 Å². The lowest BCUT2D eigenvalue weighted by Gasteiger charge is -1.99. The van der Waals surface area contributed by atoms with Crippen LogP contribution in [0.1, 0.15) is 31.8 Å². The number of aromatic carboxylic acids is 1. The molecular weight excluding hydrogens is 256 g/mol. The molecule has 0 saturated heterocycles. The van der Waals surface area contributed by atoms with Crippen molar-refractivity contribution in [1.82, 2.24) is 0 Å². The molecule has 0 radical (unpaired) electrons. The Morgan fingerprint density at radius 3 is 2.50 bits per heavy atom. The molecule has 0 aromatic heterocycles. The first-order chi connectivity index (χ1) is 9.65. The molecular formula is C16H10O4. The molecule has 4 heteroatoms. The van der Waals surface area contributed by atoms with Gasteiger partial charge in [-0.25, -0.2) is 9.59 Å². The van der Waals surface area contributed by atoms with Gasteiger partial charge in [-0.1, -0.05) is 30.3 Å². The van der Waals surface area contributed by atoms with Gasteiger partial charge in [-0.05, 0) is 29.8 Å². The summed E-state index contributed by atoms with van der Waals surface area (Å²) in [5, 5.41) is 8.94. The van der Waals surface area contributed by atoms with Crippen molar-refractivity contribution < 1.29 is 19.4 Å². The number of benzene rings is 2. The molecule has 0 fully saturated rings. The number of carbonyl (C=O) groups is 2. The number of rotatable bonds is 2. The van der Waals surface area contributed by atoms with Gasteiger partial charge in [0.25, 0.3) is 0 Å². The van der Waals surface area contributed by atoms with Gasteiger partial charge in [-0.2, -0.15) is 0 Å². The van der Waals surface area contributed by atoms with Gasteiger partial charge in [-0.3, -0.25) is 0 Å². The van der Waals surface area contributed by atoms with E-state index in [1.165, 1.54) is 12.1 Å². The number of carboxylic acid groups (broad SMARTS) is 1. The van der Waals surface area contributed by atoms with E-state index in [-0.39, 0.29) is 11.1 Å². The first-order valence-corrected chi connectivity index (χ1v) is 6.02. The number of hydrogen-bond donors (Lipinski definition) is 1. The largest absolute Gasteiger partial charge is 0.478 e. The second-order valence-electron chi connectivity index (χ2n) is 4.37. The van der Waals surface area contributed by atoms with E-state index in [0.29, 0.717) is 11.3 Å². The smallest absolute Gasteiger partial charge is 0.344 e. The van der Waals surface area contributed by atoms with Crippen molar-refractivity contribution in [3.63, 3.8) is 0 Å². The lowest BCUT2D eigenvalue weighted by molar-refractivity contribution is 0.0696. The van der Waals surface area contributed by atoms with E-state index in [0.717, 1.165) is 5.56 Å². The summed E-state index contributed by atoms with van der Waals surface area (Å²) in [6.07, 6.45) is 1.75. The third kappa shape index (κ3) is 2.07. The number of ether oxygens (including phenoxy) is 1. The Morgan fingerprint density at radius 1 is 1.05 bits per heavy atom. The number of fused-ring (bicyclic) bond motifs is 1. The fraction of sp³-hybridized carbons (Fsp3) is 0. The van der Waals surface area contributed by atoms with Crippen molar-refractivity contribution in [1.29, 1.82) is 0 Å². The molecule has 0 atom stereocenters. The van der Waals surface area contributed by atoms with Crippen LogP contribution >= 0.6 is 0 Å². The topological polar surface area (TPSA) is 63.6 Å². The second-order valence-corrected chi connectivity index (χ2v) is 4.37. The van der Waals surface area contributed by atoms with E-state index >= 15 is 0 Å². The molecule has 0 spiro atoms. The molecule has 2 aromatic carbocycles. The average Bonchev–Trinajstić information content (AvgIpc) is 2.76. The molecule has 0 bridgehead atoms. The van der Waals surface area contributed by atoms with Gasteiger partial charge in [0.15, 0.2) is 0 Å². The highest BCUT2D eigenvalue weighted by atomic mass is 16.5. The fourth-order valence-electron chi connectivity index (χ4n) is 2.08. The SMILES string of the molecule is O=C(O)c1ccc2c(c1)C(=O)O/C2=C\c1ccccc1. The highest BCUT2D eigenvalue weighted by molar-refractivity contribution is 6.07. The summed E-state index contributed by atoms with van der Waals surface area (Å²) in [7, 11) is 0. The van der Waals surface area contributed by atoms with Crippen LogP contribution in [0.4, 0.5) is 0 Å². The minimum Gasteiger partial charge on any atom is -0.478 e. The van der Waals surface area contributed by atoms with E-state index < -0.39 is 11.9 Å². The van der Waals surface area contributed by atoms with Crippen molar-refractivity contribution in [3.05, 3.63) is 70.8 Å². The fourth-order valence-corrected chi connectivity index (χ4v) is 2.08. The summed E-state index contributed by atoms with van der Waals surface area (Å²) in [6, 6.07) is 13.9. The van der Waals surface area contributed by atoms with Crippen LogP contribution in [-0.4, -0.2) is 17.0 Å². The molecule has 3 rings (SSSR count). The van der Waals surface area contributed by atoms with Crippen LogP contribution in [0.25, 0.3) is 11.8 Å². The first-order valence-electron chi connectivity index (χ1n) is 6.02. The Kier molecular flexibility index (Phi) is 2.84. The average molecular weight is 266 g/mol. The standard InChI is InChI=1S/C16H10O4/c17-15(18)11-6-7-12-13(9-11)16(19)20-14(12)8-10-4-2-1-3-5-10/h1-9H,(H,17,18)/b14-8-. The van der Waals surface area contributed by atoms with Gasteiger partial charge in [0, 0.05) is 5.56 Å². The van der Waals surface area contributed by atoms with Crippen LogP contribution in [0.2, 0.25) is 0 Å². The van der Waals surface area contributed by atoms with Gasteiger partial charge < -0.3 is 9.84 Å². The predicted molar refractivity (Wildman–Crippen MR) is 73.1 cm³/mol. The monoisotopic (exact) mass is 266 g/mol. The molecule has 1 N–H and O–H groups in total. The molecule has 1 aliphatic heterocycles. The van der Waals surface area contributed by atoms with Crippen LogP contribution in [-0.2, 0) is 4.74 Å². The molecule has 98 valence electrons. The van der Waals surface area contributed by atoms with Crippen molar-refractivity contribution >= 4 is 23.8 Å². The number of cyclic esters (lactones) is 1. The number of esters is 1. The van der Waals surface area contributed by atoms with Gasteiger partial charge in [0.05, 0.1) is 11.1 Å². The Morgan fingerprint density at radius 2 is 1.80 bits per heavy atom. The number of hydrogen-bond acceptors (Lipinski definition) is 3. The minimum atomic E-state index is -1.07. The van der Waals surface area contributed by atoms with Crippen LogP contribution in [0, 0.1) is 0 Å². The van der Waals surface area contributed by atoms with Crippen LogP contribution in [0.3, 0.4) is 0 Å². The molecule has 2 aromatic rings. The molecule has 0 aliphatic carbocycles. The van der Waals surface area contributed by atoms with Crippen molar-refractivity contribution in [2.24, 2.45) is 0 Å². The zero-order valence-electron chi connectivity index (χ0n) is 10.4. The minimum absolute atomic E-state index is 0.0710. The molecule has 1 heterocycles. The lowest BCUT2D eigenvalue weighted by Crippen LogP contribution is -2.00. The maximum absolute atomic E-state index is 11.8. The molecule has 4 nitrogen and oxygen atoms in total. The summed E-state index contributed by atoms with van der Waals surface area (Å²) in [4.78, 5) is 22.7. The van der Waals surface area contributed by atoms with Crippen molar-refractivity contribution in [2.75, 3.05) is 0 Å².